The molecule has 1 aliphatic carbocycles. The molecule has 6 atom stereocenters. The third-order valence-electron chi connectivity index (χ3n) is 5.70. The third-order valence-corrected chi connectivity index (χ3v) is 6.17. The second kappa shape index (κ2) is 9.75. The van der Waals surface area contributed by atoms with Crippen molar-refractivity contribution in [3.63, 3.8) is 0 Å². The van der Waals surface area contributed by atoms with Gasteiger partial charge in [-0.3, -0.25) is 0 Å². The van der Waals surface area contributed by atoms with Gasteiger partial charge in [-0.1, -0.05) is 11.6 Å². The lowest BCUT2D eigenvalue weighted by Gasteiger charge is -2.48. The molecule has 2 N–H and O–H groups in total. The van der Waals surface area contributed by atoms with Crippen molar-refractivity contribution in [2.75, 3.05) is 26.2 Å². The standard InChI is InChI=1S/C20H31ClO8/c1-12(2)5-6-14-19(3,29-14)18-17(26-4)13(7-8-20(18,25)11-21)28-16(24)10-27-9-15(22)23/h5,13-14,17-18,25H,6-11H2,1-4H3,(H,22,23)/t13-,14+,17-,18-,19-,20+/m1/s1. The molecule has 0 spiro atoms. The molecule has 0 bridgehead atoms. The lowest BCUT2D eigenvalue weighted by atomic mass is 9.66. The van der Waals surface area contributed by atoms with Crippen LogP contribution in [0, 0.1) is 5.92 Å². The molecule has 2 fully saturated rings. The molecule has 0 aromatic rings. The van der Waals surface area contributed by atoms with Gasteiger partial charge in [-0.25, -0.2) is 9.59 Å². The van der Waals surface area contributed by atoms with Gasteiger partial charge in [-0.15, -0.1) is 11.6 Å². The summed E-state index contributed by atoms with van der Waals surface area (Å²) in [6.07, 6.45) is 2.12. The molecular formula is C20H31ClO8. The summed E-state index contributed by atoms with van der Waals surface area (Å²) in [4.78, 5) is 22.6. The van der Waals surface area contributed by atoms with Gasteiger partial charge < -0.3 is 29.2 Å². The number of aliphatic hydroxyl groups is 1. The normalized spacial score (nSPS) is 36.3. The number of carboxylic acids is 1. The number of ether oxygens (including phenoxy) is 4. The van der Waals surface area contributed by atoms with Crippen LogP contribution >= 0.6 is 11.6 Å². The van der Waals surface area contributed by atoms with Crippen LogP contribution in [0.4, 0.5) is 0 Å². The highest BCUT2D eigenvalue weighted by atomic mass is 35.5. The maximum Gasteiger partial charge on any atom is 0.332 e. The van der Waals surface area contributed by atoms with E-state index in [0.717, 1.165) is 0 Å². The Balaban J connectivity index is 2.13. The number of rotatable bonds is 10. The highest BCUT2D eigenvalue weighted by molar-refractivity contribution is 6.18. The zero-order chi connectivity index (χ0) is 21.8. The summed E-state index contributed by atoms with van der Waals surface area (Å²) >= 11 is 6.14. The first-order valence-corrected chi connectivity index (χ1v) is 10.2. The van der Waals surface area contributed by atoms with E-state index in [4.69, 9.17) is 35.7 Å². The summed E-state index contributed by atoms with van der Waals surface area (Å²) in [5.41, 5.74) is -0.712. The van der Waals surface area contributed by atoms with Crippen LogP contribution in [0.15, 0.2) is 11.6 Å². The van der Waals surface area contributed by atoms with E-state index in [-0.39, 0.29) is 12.0 Å². The molecule has 0 unspecified atom stereocenters. The Morgan fingerprint density at radius 3 is 2.55 bits per heavy atom. The van der Waals surface area contributed by atoms with E-state index in [1.807, 2.05) is 20.8 Å². The van der Waals surface area contributed by atoms with Crippen LogP contribution in [-0.2, 0) is 28.5 Å². The predicted octanol–water partition coefficient (Wildman–Crippen LogP) is 1.91. The summed E-state index contributed by atoms with van der Waals surface area (Å²) in [5.74, 6) is -2.34. The fraction of sp³-hybridized carbons (Fsp3) is 0.800. The molecule has 2 aliphatic rings. The average Bonchev–Trinajstić information content (AvgIpc) is 3.31. The molecular weight excluding hydrogens is 404 g/mol. The quantitative estimate of drug-likeness (QED) is 0.232. The van der Waals surface area contributed by atoms with Gasteiger partial charge in [0.25, 0.3) is 0 Å². The molecule has 29 heavy (non-hydrogen) atoms. The second-order valence-corrected chi connectivity index (χ2v) is 8.44. The molecule has 1 saturated heterocycles. The number of halogens is 1. The van der Waals surface area contributed by atoms with E-state index in [1.165, 1.54) is 12.7 Å². The summed E-state index contributed by atoms with van der Waals surface area (Å²) in [6, 6.07) is 0. The summed E-state index contributed by atoms with van der Waals surface area (Å²) < 4.78 is 22.0. The smallest absolute Gasteiger partial charge is 0.332 e. The Morgan fingerprint density at radius 1 is 1.31 bits per heavy atom. The van der Waals surface area contributed by atoms with E-state index >= 15 is 0 Å². The molecule has 1 aliphatic heterocycles. The lowest BCUT2D eigenvalue weighted by molar-refractivity contribution is -0.195. The number of carboxylic acid groups (broad SMARTS) is 1. The number of aliphatic carboxylic acids is 1. The van der Waals surface area contributed by atoms with Crippen molar-refractivity contribution in [3.8, 4) is 0 Å². The van der Waals surface area contributed by atoms with Gasteiger partial charge in [-0.05, 0) is 40.0 Å². The van der Waals surface area contributed by atoms with Crippen LogP contribution in [-0.4, -0.2) is 77.9 Å². The highest BCUT2D eigenvalue weighted by Gasteiger charge is 2.67. The van der Waals surface area contributed by atoms with Gasteiger partial charge in [0.1, 0.15) is 31.0 Å². The Labute approximate surface area is 176 Å². The van der Waals surface area contributed by atoms with E-state index in [9.17, 15) is 14.7 Å². The monoisotopic (exact) mass is 434 g/mol. The first-order chi connectivity index (χ1) is 13.6. The van der Waals surface area contributed by atoms with Crippen molar-refractivity contribution in [2.24, 2.45) is 5.92 Å². The topological polar surface area (TPSA) is 115 Å². The summed E-state index contributed by atoms with van der Waals surface area (Å²) in [7, 11) is 1.50. The van der Waals surface area contributed by atoms with Gasteiger partial charge in [-0.2, -0.15) is 0 Å². The number of hydrogen-bond donors (Lipinski definition) is 2. The molecule has 8 nitrogen and oxygen atoms in total. The van der Waals surface area contributed by atoms with E-state index in [0.29, 0.717) is 19.3 Å². The maximum absolute atomic E-state index is 12.1. The fourth-order valence-electron chi connectivity index (χ4n) is 4.25. The van der Waals surface area contributed by atoms with Crippen molar-refractivity contribution >= 4 is 23.5 Å². The first kappa shape index (κ1) is 24.1. The molecule has 0 aromatic carbocycles. The molecule has 0 amide bonds. The number of alkyl halides is 1. The van der Waals surface area contributed by atoms with E-state index < -0.39 is 54.5 Å². The van der Waals surface area contributed by atoms with E-state index in [2.05, 4.69) is 6.08 Å². The van der Waals surface area contributed by atoms with Crippen LogP contribution < -0.4 is 0 Å². The molecule has 9 heteroatoms. The minimum absolute atomic E-state index is 0.00817. The summed E-state index contributed by atoms with van der Waals surface area (Å²) in [5, 5.41) is 19.8. The van der Waals surface area contributed by atoms with Crippen LogP contribution in [0.1, 0.15) is 40.0 Å². The molecule has 1 saturated carbocycles. The molecule has 1 heterocycles. The molecule has 0 radical (unpaired) electrons. The zero-order valence-corrected chi connectivity index (χ0v) is 18.1. The Bertz CT molecular complexity index is 634. The van der Waals surface area contributed by atoms with Gasteiger partial charge in [0.05, 0.1) is 23.5 Å². The zero-order valence-electron chi connectivity index (χ0n) is 17.4. The number of carbonyl (C=O) groups is 2. The largest absolute Gasteiger partial charge is 0.480 e. The van der Waals surface area contributed by atoms with Crippen LogP contribution in [0.5, 0.6) is 0 Å². The maximum atomic E-state index is 12.1. The first-order valence-electron chi connectivity index (χ1n) is 9.68. The number of allylic oxidation sites excluding steroid dienone is 1. The van der Waals surface area contributed by atoms with Gasteiger partial charge in [0.15, 0.2) is 0 Å². The van der Waals surface area contributed by atoms with Crippen molar-refractivity contribution < 1.29 is 38.7 Å². The lowest BCUT2D eigenvalue weighted by Crippen LogP contribution is -2.61. The van der Waals surface area contributed by atoms with Crippen LogP contribution in [0.2, 0.25) is 0 Å². The fourth-order valence-corrected chi connectivity index (χ4v) is 4.55. The second-order valence-electron chi connectivity index (χ2n) is 8.18. The van der Waals surface area contributed by atoms with Crippen LogP contribution in [0.3, 0.4) is 0 Å². The van der Waals surface area contributed by atoms with Crippen molar-refractivity contribution in [1.29, 1.82) is 0 Å². The third kappa shape index (κ3) is 5.70. The molecule has 166 valence electrons. The van der Waals surface area contributed by atoms with Crippen molar-refractivity contribution in [1.82, 2.24) is 0 Å². The van der Waals surface area contributed by atoms with Gasteiger partial charge in [0.2, 0.25) is 0 Å². The molecule has 2 rings (SSSR count). The Hall–Kier alpha value is -1.19. The number of carbonyl (C=O) groups excluding carboxylic acids is 1. The average molecular weight is 435 g/mol. The minimum Gasteiger partial charge on any atom is -0.480 e. The summed E-state index contributed by atoms with van der Waals surface area (Å²) in [6.45, 7) is 4.89. The van der Waals surface area contributed by atoms with Gasteiger partial charge >= 0.3 is 11.9 Å². The Kier molecular flexibility index (Phi) is 8.09. The van der Waals surface area contributed by atoms with Crippen molar-refractivity contribution in [2.45, 2.75) is 69.5 Å². The van der Waals surface area contributed by atoms with E-state index in [1.54, 1.807) is 0 Å². The number of methoxy groups -OCH3 is 1. The number of hydrogen-bond acceptors (Lipinski definition) is 7. The van der Waals surface area contributed by atoms with Gasteiger partial charge in [0, 0.05) is 7.11 Å². The number of esters is 1. The van der Waals surface area contributed by atoms with Crippen LogP contribution in [0.25, 0.3) is 0 Å². The molecule has 0 aromatic heterocycles. The Morgan fingerprint density at radius 2 is 2.00 bits per heavy atom. The van der Waals surface area contributed by atoms with Crippen molar-refractivity contribution in [3.05, 3.63) is 11.6 Å². The SMILES string of the molecule is CO[C@@H]1[C@H](OC(=O)COCC(=O)O)CC[C@](O)(CCl)[C@H]1[C@]1(C)O[C@H]1CC=C(C)C. The highest BCUT2D eigenvalue weighted by Crippen LogP contribution is 2.54. The predicted molar refractivity (Wildman–Crippen MR) is 105 cm³/mol. The number of epoxide rings is 1. The minimum atomic E-state index is -1.22.